The molecule has 0 spiro atoms. The van der Waals surface area contributed by atoms with Crippen LogP contribution in [-0.2, 0) is 4.74 Å². The maximum atomic E-state index is 11.8. The van der Waals surface area contributed by atoms with Gasteiger partial charge in [0.05, 0.1) is 6.61 Å². The van der Waals surface area contributed by atoms with E-state index in [4.69, 9.17) is 16.2 Å². The number of hydrogen-bond donors (Lipinski definition) is 5. The van der Waals surface area contributed by atoms with Crippen LogP contribution in [0.1, 0.15) is 23.0 Å². The summed E-state index contributed by atoms with van der Waals surface area (Å²) in [6.45, 7) is 5.37. The molecule has 0 radical (unpaired) electrons. The van der Waals surface area contributed by atoms with Gasteiger partial charge in [-0.2, -0.15) is 4.98 Å². The predicted molar refractivity (Wildman–Crippen MR) is 110 cm³/mol. The fourth-order valence-corrected chi connectivity index (χ4v) is 2.82. The number of fused-ring (bicyclic) bond motifs is 1. The quantitative estimate of drug-likeness (QED) is 0.379. The molecule has 0 saturated heterocycles. The van der Waals surface area contributed by atoms with Gasteiger partial charge >= 0.3 is 0 Å². The molecule has 1 atom stereocenters. The van der Waals surface area contributed by atoms with Crippen molar-refractivity contribution in [1.29, 1.82) is 0 Å². The average Bonchev–Trinajstić information content (AvgIpc) is 3.06. The first-order chi connectivity index (χ1) is 13.5. The molecule has 9 heteroatoms. The van der Waals surface area contributed by atoms with E-state index < -0.39 is 5.91 Å². The van der Waals surface area contributed by atoms with Crippen LogP contribution in [0.25, 0.3) is 10.9 Å². The Bertz CT molecular complexity index is 970. The van der Waals surface area contributed by atoms with Gasteiger partial charge < -0.3 is 31.8 Å². The van der Waals surface area contributed by atoms with Crippen LogP contribution < -0.4 is 22.1 Å². The van der Waals surface area contributed by atoms with Gasteiger partial charge in [-0.15, -0.1) is 0 Å². The van der Waals surface area contributed by atoms with Gasteiger partial charge in [-0.1, -0.05) is 6.07 Å². The summed E-state index contributed by atoms with van der Waals surface area (Å²) in [7, 11) is 0. The van der Waals surface area contributed by atoms with Gasteiger partial charge in [0.15, 0.2) is 0 Å². The number of primary amides is 1. The Morgan fingerprint density at radius 2 is 2.21 bits per heavy atom. The first-order valence-electron chi connectivity index (χ1n) is 9.07. The number of benzene rings is 1. The summed E-state index contributed by atoms with van der Waals surface area (Å²) in [6, 6.07) is 7.63. The molecular formula is C19H25N7O2. The Hall–Kier alpha value is -3.17. The smallest absolute Gasteiger partial charge is 0.254 e. The van der Waals surface area contributed by atoms with Crippen LogP contribution in [0.5, 0.6) is 0 Å². The molecule has 2 aromatic heterocycles. The molecule has 0 aliphatic heterocycles. The van der Waals surface area contributed by atoms with E-state index in [1.54, 1.807) is 0 Å². The van der Waals surface area contributed by atoms with E-state index in [-0.39, 0.29) is 11.6 Å². The molecule has 2 heterocycles. The summed E-state index contributed by atoms with van der Waals surface area (Å²) in [5.74, 6) is 0.0612. The molecule has 0 aliphatic carbocycles. The Labute approximate surface area is 162 Å². The van der Waals surface area contributed by atoms with Crippen molar-refractivity contribution in [3.8, 4) is 0 Å². The molecule has 1 aromatic carbocycles. The van der Waals surface area contributed by atoms with Crippen LogP contribution in [0, 0.1) is 6.92 Å². The van der Waals surface area contributed by atoms with Crippen molar-refractivity contribution >= 4 is 34.3 Å². The van der Waals surface area contributed by atoms with Crippen LogP contribution >= 0.6 is 0 Å². The summed E-state index contributed by atoms with van der Waals surface area (Å²) >= 11 is 0. The van der Waals surface area contributed by atoms with Gasteiger partial charge in [0, 0.05) is 47.7 Å². The third-order valence-electron chi connectivity index (χ3n) is 4.16. The van der Waals surface area contributed by atoms with Crippen molar-refractivity contribution < 1.29 is 9.53 Å². The molecule has 0 bridgehead atoms. The summed E-state index contributed by atoms with van der Waals surface area (Å²) in [5, 5.41) is 7.25. The van der Waals surface area contributed by atoms with Crippen LogP contribution in [-0.4, -0.2) is 46.7 Å². The number of carbonyl (C=O) groups is 1. The number of hydrogen-bond acceptors (Lipinski definition) is 7. The van der Waals surface area contributed by atoms with Crippen LogP contribution in [0.15, 0.2) is 30.5 Å². The van der Waals surface area contributed by atoms with E-state index in [2.05, 4.69) is 25.6 Å². The Morgan fingerprint density at radius 3 is 2.96 bits per heavy atom. The average molecular weight is 383 g/mol. The third-order valence-corrected chi connectivity index (χ3v) is 4.16. The number of aromatic amines is 1. The van der Waals surface area contributed by atoms with E-state index in [0.29, 0.717) is 31.5 Å². The first kappa shape index (κ1) is 19.6. The molecule has 9 nitrogen and oxygen atoms in total. The number of aromatic nitrogens is 3. The molecule has 148 valence electrons. The molecule has 1 amide bonds. The summed E-state index contributed by atoms with van der Waals surface area (Å²) in [6.07, 6.45) is 1.40. The molecule has 3 aromatic rings. The highest BCUT2D eigenvalue weighted by molar-refractivity contribution is 6.00. The zero-order valence-electron chi connectivity index (χ0n) is 16.0. The second-order valence-electron chi connectivity index (χ2n) is 6.46. The molecule has 0 fully saturated rings. The summed E-state index contributed by atoms with van der Waals surface area (Å²) in [5.41, 5.74) is 14.5. The zero-order chi connectivity index (χ0) is 20.1. The van der Waals surface area contributed by atoms with Crippen molar-refractivity contribution in [1.82, 2.24) is 15.0 Å². The SMILES string of the molecule is CCOCC(N)CNc1ncc(C(N)=O)c(Nc2cccc3[nH]c(C)cc23)n1. The van der Waals surface area contributed by atoms with Crippen molar-refractivity contribution in [3.63, 3.8) is 0 Å². The highest BCUT2D eigenvalue weighted by Crippen LogP contribution is 2.28. The number of amides is 1. The largest absolute Gasteiger partial charge is 0.380 e. The van der Waals surface area contributed by atoms with Crippen molar-refractivity contribution in [2.24, 2.45) is 11.5 Å². The zero-order valence-corrected chi connectivity index (χ0v) is 16.0. The van der Waals surface area contributed by atoms with E-state index in [0.717, 1.165) is 22.3 Å². The van der Waals surface area contributed by atoms with Gasteiger partial charge in [-0.3, -0.25) is 4.79 Å². The number of nitrogens with one attached hydrogen (secondary N) is 3. The Balaban J connectivity index is 1.84. The lowest BCUT2D eigenvalue weighted by Gasteiger charge is -2.14. The highest BCUT2D eigenvalue weighted by Gasteiger charge is 2.14. The predicted octanol–water partition coefficient (Wildman–Crippen LogP) is 1.88. The second kappa shape index (κ2) is 8.68. The van der Waals surface area contributed by atoms with Crippen LogP contribution in [0.3, 0.4) is 0 Å². The number of ether oxygens (including phenoxy) is 1. The van der Waals surface area contributed by atoms with Crippen molar-refractivity contribution in [3.05, 3.63) is 41.7 Å². The van der Waals surface area contributed by atoms with Crippen LogP contribution in [0.4, 0.5) is 17.5 Å². The van der Waals surface area contributed by atoms with E-state index >= 15 is 0 Å². The minimum Gasteiger partial charge on any atom is -0.380 e. The molecular weight excluding hydrogens is 358 g/mol. The molecule has 0 saturated carbocycles. The topological polar surface area (TPSA) is 144 Å². The molecule has 7 N–H and O–H groups in total. The van der Waals surface area contributed by atoms with Crippen molar-refractivity contribution in [2.75, 3.05) is 30.4 Å². The standard InChI is InChI=1S/C19H25N7O2/c1-3-28-10-12(20)8-22-19-23-9-14(17(21)27)18(26-19)25-16-6-4-5-15-13(16)7-11(2)24-15/h4-7,9,12,24H,3,8,10,20H2,1-2H3,(H2,21,27)(H2,22,23,25,26). The van der Waals surface area contributed by atoms with Gasteiger partial charge in [0.25, 0.3) is 5.91 Å². The monoisotopic (exact) mass is 383 g/mol. The number of rotatable bonds is 9. The molecule has 3 rings (SSSR count). The van der Waals surface area contributed by atoms with E-state index in [1.165, 1.54) is 6.20 Å². The van der Waals surface area contributed by atoms with E-state index in [9.17, 15) is 4.79 Å². The highest BCUT2D eigenvalue weighted by atomic mass is 16.5. The third kappa shape index (κ3) is 4.56. The normalized spacial score (nSPS) is 12.1. The van der Waals surface area contributed by atoms with Crippen molar-refractivity contribution in [2.45, 2.75) is 19.9 Å². The number of aryl methyl sites for hydroxylation is 1. The molecule has 28 heavy (non-hydrogen) atoms. The summed E-state index contributed by atoms with van der Waals surface area (Å²) < 4.78 is 5.30. The number of anilines is 3. The minimum absolute atomic E-state index is 0.202. The number of carbonyl (C=O) groups excluding carboxylic acids is 1. The van der Waals surface area contributed by atoms with Gasteiger partial charge in [-0.25, -0.2) is 4.98 Å². The first-order valence-corrected chi connectivity index (χ1v) is 9.07. The number of nitrogens with zero attached hydrogens (tertiary/aromatic N) is 2. The maximum absolute atomic E-state index is 11.8. The Morgan fingerprint density at radius 1 is 1.39 bits per heavy atom. The lowest BCUT2D eigenvalue weighted by molar-refractivity contribution is 0.100. The second-order valence-corrected chi connectivity index (χ2v) is 6.46. The Kier molecular flexibility index (Phi) is 6.07. The van der Waals surface area contributed by atoms with Gasteiger partial charge in [0.1, 0.15) is 11.4 Å². The van der Waals surface area contributed by atoms with Gasteiger partial charge in [0.2, 0.25) is 5.95 Å². The number of nitrogens with two attached hydrogens (primary N) is 2. The minimum atomic E-state index is -0.612. The lowest BCUT2D eigenvalue weighted by Crippen LogP contribution is -2.34. The lowest BCUT2D eigenvalue weighted by atomic mass is 10.2. The van der Waals surface area contributed by atoms with Gasteiger partial charge in [-0.05, 0) is 32.0 Å². The number of H-pyrrole nitrogens is 1. The molecule has 0 aliphatic rings. The summed E-state index contributed by atoms with van der Waals surface area (Å²) in [4.78, 5) is 23.7. The fraction of sp³-hybridized carbons (Fsp3) is 0.316. The van der Waals surface area contributed by atoms with E-state index in [1.807, 2.05) is 38.1 Å². The molecule has 1 unspecified atom stereocenters. The van der Waals surface area contributed by atoms with Crippen LogP contribution in [0.2, 0.25) is 0 Å². The fourth-order valence-electron chi connectivity index (χ4n) is 2.82. The maximum Gasteiger partial charge on any atom is 0.254 e.